The summed E-state index contributed by atoms with van der Waals surface area (Å²) in [5.74, 6) is 0.653. The number of rotatable bonds is 4. The van der Waals surface area contributed by atoms with Crippen LogP contribution in [0.4, 0.5) is 0 Å². The summed E-state index contributed by atoms with van der Waals surface area (Å²) in [6.45, 7) is 9.32. The van der Waals surface area contributed by atoms with E-state index < -0.39 is 0 Å². The number of nitrogens with zero attached hydrogens (tertiary/aromatic N) is 1. The van der Waals surface area contributed by atoms with Gasteiger partial charge in [0, 0.05) is 37.8 Å². The van der Waals surface area contributed by atoms with Crippen LogP contribution in [0.1, 0.15) is 41.8 Å². The third-order valence-electron chi connectivity index (χ3n) is 4.70. The summed E-state index contributed by atoms with van der Waals surface area (Å²) in [6.07, 6.45) is 1.19. The van der Waals surface area contributed by atoms with Crippen molar-refractivity contribution in [3.8, 4) is 0 Å². The molecule has 1 saturated heterocycles. The summed E-state index contributed by atoms with van der Waals surface area (Å²) < 4.78 is 0. The van der Waals surface area contributed by atoms with E-state index in [4.69, 9.17) is 0 Å². The lowest BCUT2D eigenvalue weighted by molar-refractivity contribution is 0.0947. The molecule has 0 bridgehead atoms. The van der Waals surface area contributed by atoms with Gasteiger partial charge >= 0.3 is 0 Å². The predicted octanol–water partition coefficient (Wildman–Crippen LogP) is 1.75. The van der Waals surface area contributed by atoms with Crippen LogP contribution < -0.4 is 10.6 Å². The molecule has 2 aliphatic heterocycles. The van der Waals surface area contributed by atoms with Crippen molar-refractivity contribution in [2.75, 3.05) is 19.6 Å². The Hall–Kier alpha value is -1.39. The average molecular weight is 287 g/mol. The number of amides is 1. The highest BCUT2D eigenvalue weighted by molar-refractivity contribution is 5.94. The second kappa shape index (κ2) is 6.16. The lowest BCUT2D eigenvalue weighted by atomic mass is 10.1. The van der Waals surface area contributed by atoms with Crippen LogP contribution in [0.25, 0.3) is 0 Å². The second-order valence-corrected chi connectivity index (χ2v) is 6.54. The highest BCUT2D eigenvalue weighted by atomic mass is 16.1. The second-order valence-electron chi connectivity index (χ2n) is 6.54. The number of benzene rings is 1. The fourth-order valence-electron chi connectivity index (χ4n) is 3.27. The molecule has 1 aromatic carbocycles. The molecule has 0 aromatic heterocycles. The van der Waals surface area contributed by atoms with E-state index in [2.05, 4.69) is 35.4 Å². The van der Waals surface area contributed by atoms with E-state index in [0.717, 1.165) is 38.3 Å². The molecule has 114 valence electrons. The zero-order chi connectivity index (χ0) is 14.8. The van der Waals surface area contributed by atoms with E-state index in [0.29, 0.717) is 12.0 Å². The summed E-state index contributed by atoms with van der Waals surface area (Å²) >= 11 is 0. The molecule has 21 heavy (non-hydrogen) atoms. The van der Waals surface area contributed by atoms with E-state index in [1.165, 1.54) is 17.5 Å². The van der Waals surface area contributed by atoms with E-state index >= 15 is 0 Å². The molecule has 4 heteroatoms. The minimum Gasteiger partial charge on any atom is -0.352 e. The van der Waals surface area contributed by atoms with Gasteiger partial charge < -0.3 is 15.5 Å². The first-order valence-corrected chi connectivity index (χ1v) is 7.98. The van der Waals surface area contributed by atoms with Crippen molar-refractivity contribution in [1.29, 1.82) is 0 Å². The topological polar surface area (TPSA) is 44.4 Å². The summed E-state index contributed by atoms with van der Waals surface area (Å²) in [5, 5.41) is 6.41. The first-order valence-electron chi connectivity index (χ1n) is 7.98. The van der Waals surface area contributed by atoms with Gasteiger partial charge in [-0.25, -0.2) is 0 Å². The Kier molecular flexibility index (Phi) is 4.27. The number of fused-ring (bicyclic) bond motifs is 1. The van der Waals surface area contributed by atoms with Gasteiger partial charge in [0.05, 0.1) is 0 Å². The molecule has 0 saturated carbocycles. The molecular formula is C17H25N3O. The fourth-order valence-corrected chi connectivity index (χ4v) is 3.27. The van der Waals surface area contributed by atoms with Crippen LogP contribution in [0.15, 0.2) is 18.2 Å². The van der Waals surface area contributed by atoms with E-state index in [9.17, 15) is 4.79 Å². The molecule has 2 N–H and O–H groups in total. The molecule has 1 fully saturated rings. The maximum absolute atomic E-state index is 12.3. The lowest BCUT2D eigenvalue weighted by Crippen LogP contribution is -2.33. The number of hydrogen-bond donors (Lipinski definition) is 2. The third kappa shape index (κ3) is 3.27. The van der Waals surface area contributed by atoms with Gasteiger partial charge in [-0.05, 0) is 56.0 Å². The highest BCUT2D eigenvalue weighted by Crippen LogP contribution is 2.19. The van der Waals surface area contributed by atoms with Crippen molar-refractivity contribution in [2.24, 2.45) is 5.92 Å². The Bertz CT molecular complexity index is 527. The number of nitrogens with one attached hydrogen (secondary N) is 2. The first kappa shape index (κ1) is 14.5. The smallest absolute Gasteiger partial charge is 0.251 e. The molecule has 2 heterocycles. The Morgan fingerprint density at radius 1 is 1.38 bits per heavy atom. The van der Waals surface area contributed by atoms with Gasteiger partial charge in [-0.3, -0.25) is 4.79 Å². The molecule has 3 rings (SSSR count). The van der Waals surface area contributed by atoms with Crippen LogP contribution in [0.3, 0.4) is 0 Å². The lowest BCUT2D eigenvalue weighted by Gasteiger charge is -2.20. The summed E-state index contributed by atoms with van der Waals surface area (Å²) in [6, 6.07) is 6.64. The monoisotopic (exact) mass is 287 g/mol. The zero-order valence-electron chi connectivity index (χ0n) is 13.0. The van der Waals surface area contributed by atoms with Crippen molar-refractivity contribution in [3.63, 3.8) is 0 Å². The summed E-state index contributed by atoms with van der Waals surface area (Å²) in [7, 11) is 0. The van der Waals surface area contributed by atoms with Gasteiger partial charge in [0.1, 0.15) is 0 Å². The minimum atomic E-state index is 0.0627. The van der Waals surface area contributed by atoms with Gasteiger partial charge in [0.15, 0.2) is 0 Å². The maximum atomic E-state index is 12.3. The predicted molar refractivity (Wildman–Crippen MR) is 84.1 cm³/mol. The molecule has 2 aliphatic rings. The maximum Gasteiger partial charge on any atom is 0.251 e. The van der Waals surface area contributed by atoms with Crippen LogP contribution in [0, 0.1) is 5.92 Å². The van der Waals surface area contributed by atoms with Crippen LogP contribution in [0.2, 0.25) is 0 Å². The Morgan fingerprint density at radius 2 is 2.19 bits per heavy atom. The molecule has 0 spiro atoms. The largest absolute Gasteiger partial charge is 0.352 e. The summed E-state index contributed by atoms with van der Waals surface area (Å²) in [5.41, 5.74) is 3.36. The molecule has 1 amide bonds. The molecule has 1 aromatic rings. The summed E-state index contributed by atoms with van der Waals surface area (Å²) in [4.78, 5) is 14.8. The SMILES string of the molecule is CC(C)N1CCC(CNC(=O)c2ccc3c(c2)CNC3)C1. The molecule has 1 atom stereocenters. The van der Waals surface area contributed by atoms with E-state index in [-0.39, 0.29) is 5.91 Å². The molecule has 1 unspecified atom stereocenters. The van der Waals surface area contributed by atoms with Crippen molar-refractivity contribution < 1.29 is 4.79 Å². The third-order valence-corrected chi connectivity index (χ3v) is 4.70. The minimum absolute atomic E-state index is 0.0627. The molecular weight excluding hydrogens is 262 g/mol. The van der Waals surface area contributed by atoms with E-state index in [1.54, 1.807) is 0 Å². The van der Waals surface area contributed by atoms with Crippen LogP contribution >= 0.6 is 0 Å². The molecule has 0 radical (unpaired) electrons. The average Bonchev–Trinajstić information content (AvgIpc) is 3.12. The number of hydrogen-bond acceptors (Lipinski definition) is 3. The Morgan fingerprint density at radius 3 is 2.95 bits per heavy atom. The van der Waals surface area contributed by atoms with Gasteiger partial charge in [0.25, 0.3) is 5.91 Å². The van der Waals surface area contributed by atoms with E-state index in [1.807, 2.05) is 12.1 Å². The Labute approximate surface area is 126 Å². The van der Waals surface area contributed by atoms with Crippen molar-refractivity contribution >= 4 is 5.91 Å². The van der Waals surface area contributed by atoms with Crippen LogP contribution in [-0.4, -0.2) is 36.5 Å². The van der Waals surface area contributed by atoms with Gasteiger partial charge in [-0.1, -0.05) is 6.07 Å². The van der Waals surface area contributed by atoms with Crippen LogP contribution in [0.5, 0.6) is 0 Å². The molecule has 4 nitrogen and oxygen atoms in total. The normalized spacial score (nSPS) is 21.8. The molecule has 0 aliphatic carbocycles. The standard InChI is InChI=1S/C17H25N3O/c1-12(2)20-6-5-13(11-20)8-19-17(21)14-3-4-15-9-18-10-16(15)7-14/h3-4,7,12-13,18H,5-6,8-11H2,1-2H3,(H,19,21). The highest BCUT2D eigenvalue weighted by Gasteiger charge is 2.24. The van der Waals surface area contributed by atoms with Gasteiger partial charge in [-0.15, -0.1) is 0 Å². The number of likely N-dealkylation sites (tertiary alicyclic amines) is 1. The van der Waals surface area contributed by atoms with Crippen molar-refractivity contribution in [1.82, 2.24) is 15.5 Å². The van der Waals surface area contributed by atoms with Crippen molar-refractivity contribution in [2.45, 2.75) is 39.4 Å². The fraction of sp³-hybridized carbons (Fsp3) is 0.588. The number of carbonyl (C=O) groups excluding carboxylic acids is 1. The quantitative estimate of drug-likeness (QED) is 0.887. The van der Waals surface area contributed by atoms with Crippen molar-refractivity contribution in [3.05, 3.63) is 34.9 Å². The van der Waals surface area contributed by atoms with Crippen LogP contribution in [-0.2, 0) is 13.1 Å². The Balaban J connectivity index is 1.53. The first-order chi connectivity index (χ1) is 10.1. The van der Waals surface area contributed by atoms with Gasteiger partial charge in [0.2, 0.25) is 0 Å². The zero-order valence-corrected chi connectivity index (χ0v) is 13.0. The number of carbonyl (C=O) groups is 1. The van der Waals surface area contributed by atoms with Gasteiger partial charge in [-0.2, -0.15) is 0 Å².